The van der Waals surface area contributed by atoms with Crippen molar-refractivity contribution in [3.05, 3.63) is 58.0 Å². The molecule has 3 aliphatic heterocycles. The average molecular weight is 490 g/mol. The molecule has 0 aliphatic carbocycles. The number of halogens is 3. The van der Waals surface area contributed by atoms with E-state index in [1.807, 2.05) is 24.1 Å². The summed E-state index contributed by atoms with van der Waals surface area (Å²) in [6.07, 6.45) is 3.68. The van der Waals surface area contributed by atoms with Crippen molar-refractivity contribution in [3.63, 3.8) is 0 Å². The van der Waals surface area contributed by atoms with Crippen molar-refractivity contribution in [1.82, 2.24) is 19.7 Å². The maximum Gasteiger partial charge on any atom is 0.225 e. The summed E-state index contributed by atoms with van der Waals surface area (Å²) < 4.78 is 14.2. The van der Waals surface area contributed by atoms with Crippen LogP contribution in [0.5, 0.6) is 0 Å². The van der Waals surface area contributed by atoms with E-state index in [9.17, 15) is 4.39 Å². The second-order valence-corrected chi connectivity index (χ2v) is 9.32. The molecule has 0 amide bonds. The lowest BCUT2D eigenvalue weighted by atomic mass is 10.1. The minimum Gasteiger partial charge on any atom is -0.352 e. The predicted molar refractivity (Wildman–Crippen MR) is 131 cm³/mol. The van der Waals surface area contributed by atoms with Gasteiger partial charge < -0.3 is 14.7 Å². The highest BCUT2D eigenvalue weighted by molar-refractivity contribution is 6.37. The second-order valence-electron chi connectivity index (χ2n) is 8.47. The Morgan fingerprint density at radius 2 is 1.73 bits per heavy atom. The number of piperazine rings is 1. The largest absolute Gasteiger partial charge is 0.352 e. The summed E-state index contributed by atoms with van der Waals surface area (Å²) in [5.41, 5.74) is 0.828. The molecule has 2 aromatic rings. The summed E-state index contributed by atoms with van der Waals surface area (Å²) in [5, 5.41) is 1.15. The van der Waals surface area contributed by atoms with E-state index in [1.54, 1.807) is 18.3 Å². The summed E-state index contributed by atoms with van der Waals surface area (Å²) >= 11 is 12.7. The van der Waals surface area contributed by atoms with Gasteiger partial charge in [0.05, 0.1) is 5.02 Å². The van der Waals surface area contributed by atoms with Gasteiger partial charge in [-0.3, -0.25) is 4.90 Å². The van der Waals surface area contributed by atoms with E-state index in [0.717, 1.165) is 56.4 Å². The first-order chi connectivity index (χ1) is 16.0. The zero-order chi connectivity index (χ0) is 22.9. The van der Waals surface area contributed by atoms with Crippen molar-refractivity contribution in [2.45, 2.75) is 19.1 Å². The number of rotatable bonds is 3. The quantitative estimate of drug-likeness (QED) is 0.656. The van der Waals surface area contributed by atoms with E-state index in [1.165, 1.54) is 6.07 Å². The van der Waals surface area contributed by atoms with Gasteiger partial charge in [-0.1, -0.05) is 23.2 Å². The van der Waals surface area contributed by atoms with Crippen molar-refractivity contribution < 1.29 is 4.39 Å². The highest BCUT2D eigenvalue weighted by Gasteiger charge is 2.34. The van der Waals surface area contributed by atoms with E-state index < -0.39 is 0 Å². The Morgan fingerprint density at radius 3 is 2.42 bits per heavy atom. The van der Waals surface area contributed by atoms with Crippen LogP contribution >= 0.6 is 23.2 Å². The second kappa shape index (κ2) is 9.44. The van der Waals surface area contributed by atoms with E-state index >= 15 is 0 Å². The van der Waals surface area contributed by atoms with E-state index in [4.69, 9.17) is 33.2 Å². The Labute approximate surface area is 203 Å². The molecule has 5 rings (SSSR count). The molecule has 3 aliphatic rings. The lowest BCUT2D eigenvalue weighted by Crippen LogP contribution is -2.58. The molecule has 10 heteroatoms. The molecular weight excluding hydrogens is 464 g/mol. The van der Waals surface area contributed by atoms with Crippen LogP contribution in [0.15, 0.2) is 46.5 Å². The number of pyridine rings is 1. The number of amidine groups is 1. The number of hydrogen-bond acceptors (Lipinski definition) is 7. The van der Waals surface area contributed by atoms with Gasteiger partial charge in [-0.25, -0.2) is 14.4 Å². The molecule has 0 saturated carbocycles. The van der Waals surface area contributed by atoms with Crippen molar-refractivity contribution in [2.24, 2.45) is 9.98 Å². The third kappa shape index (κ3) is 4.52. The Morgan fingerprint density at radius 1 is 0.970 bits per heavy atom. The summed E-state index contributed by atoms with van der Waals surface area (Å²) in [5.74, 6) is 1.64. The van der Waals surface area contributed by atoms with Crippen LogP contribution in [0.2, 0.25) is 10.0 Å². The predicted octanol–water partition coefficient (Wildman–Crippen LogP) is 3.78. The van der Waals surface area contributed by atoms with Gasteiger partial charge in [-0.2, -0.15) is 4.99 Å². The van der Waals surface area contributed by atoms with Crippen LogP contribution in [0.25, 0.3) is 0 Å². The number of aliphatic imine (C=N–C) groups is 2. The number of nitrogens with zero attached hydrogens (tertiary/aromatic N) is 7. The van der Waals surface area contributed by atoms with Crippen LogP contribution in [-0.2, 0) is 0 Å². The molecule has 0 radical (unpaired) electrons. The fourth-order valence-electron chi connectivity index (χ4n) is 4.59. The van der Waals surface area contributed by atoms with Gasteiger partial charge in [0.2, 0.25) is 5.96 Å². The van der Waals surface area contributed by atoms with Gasteiger partial charge in [0, 0.05) is 63.1 Å². The molecule has 0 spiro atoms. The molecule has 1 atom stereocenters. The van der Waals surface area contributed by atoms with E-state index in [0.29, 0.717) is 29.0 Å². The van der Waals surface area contributed by atoms with Gasteiger partial charge in [-0.05, 0) is 43.2 Å². The minimum absolute atomic E-state index is 0.226. The first kappa shape index (κ1) is 22.4. The molecule has 7 nitrogen and oxygen atoms in total. The van der Waals surface area contributed by atoms with Gasteiger partial charge in [0.15, 0.2) is 17.9 Å². The topological polar surface area (TPSA) is 50.6 Å². The molecule has 2 fully saturated rings. The highest BCUT2D eigenvalue weighted by atomic mass is 35.5. The minimum atomic E-state index is -0.290. The molecule has 174 valence electrons. The lowest BCUT2D eigenvalue weighted by Gasteiger charge is -2.43. The van der Waals surface area contributed by atoms with Gasteiger partial charge in [0.25, 0.3) is 0 Å². The van der Waals surface area contributed by atoms with Crippen molar-refractivity contribution in [3.8, 4) is 0 Å². The number of aromatic nitrogens is 1. The maximum absolute atomic E-state index is 14.2. The molecule has 4 heterocycles. The van der Waals surface area contributed by atoms with Crippen molar-refractivity contribution in [2.75, 3.05) is 51.2 Å². The zero-order valence-corrected chi connectivity index (χ0v) is 20.0. The van der Waals surface area contributed by atoms with Crippen LogP contribution in [0.4, 0.5) is 10.2 Å². The Kier molecular flexibility index (Phi) is 6.40. The third-order valence-corrected chi connectivity index (χ3v) is 6.91. The molecule has 1 aromatic carbocycles. The Balaban J connectivity index is 1.41. The highest BCUT2D eigenvalue weighted by Crippen LogP contribution is 2.27. The maximum atomic E-state index is 14.2. The number of guanidine groups is 1. The van der Waals surface area contributed by atoms with Crippen molar-refractivity contribution >= 4 is 40.8 Å². The molecular formula is C23H26Cl2FN7. The molecule has 33 heavy (non-hydrogen) atoms. The SMILES string of the molecule is CN1C(c2ccc(Cl)cc2Cl)=NC(N2CCCC2)=NC1N1CCN(c2ncccc2F)CC1. The Bertz CT molecular complexity index is 1080. The lowest BCUT2D eigenvalue weighted by molar-refractivity contribution is 0.103. The number of likely N-dealkylation sites (tertiary alicyclic amines) is 1. The van der Waals surface area contributed by atoms with Crippen LogP contribution in [0.3, 0.4) is 0 Å². The zero-order valence-electron chi connectivity index (χ0n) is 18.5. The summed E-state index contributed by atoms with van der Waals surface area (Å²) in [4.78, 5) is 22.8. The summed E-state index contributed by atoms with van der Waals surface area (Å²) in [7, 11) is 1.99. The third-order valence-electron chi connectivity index (χ3n) is 6.36. The fraction of sp³-hybridized carbons (Fsp3) is 0.435. The van der Waals surface area contributed by atoms with E-state index in [-0.39, 0.29) is 12.1 Å². The standard InChI is InChI=1S/C23H26Cl2FN7/c1-30-20(17-7-6-16(24)15-18(17)25)28-22(32-9-2-3-10-32)29-23(30)33-13-11-31(12-14-33)21-19(26)5-4-8-27-21/h4-8,15,23H,2-3,9-14H2,1H3. The average Bonchev–Trinajstić information content (AvgIpc) is 3.35. The summed E-state index contributed by atoms with van der Waals surface area (Å²) in [6.45, 7) is 4.69. The molecule has 1 aromatic heterocycles. The van der Waals surface area contributed by atoms with Crippen LogP contribution in [0.1, 0.15) is 18.4 Å². The van der Waals surface area contributed by atoms with Gasteiger partial charge in [0.1, 0.15) is 5.84 Å². The first-order valence-electron chi connectivity index (χ1n) is 11.2. The van der Waals surface area contributed by atoms with Crippen LogP contribution < -0.4 is 4.90 Å². The fourth-order valence-corrected chi connectivity index (χ4v) is 5.09. The van der Waals surface area contributed by atoms with E-state index in [2.05, 4.69) is 19.7 Å². The molecule has 0 bridgehead atoms. The first-order valence-corrected chi connectivity index (χ1v) is 12.0. The molecule has 0 N–H and O–H groups in total. The van der Waals surface area contributed by atoms with Gasteiger partial charge in [-0.15, -0.1) is 0 Å². The normalized spacial score (nSPS) is 21.9. The van der Waals surface area contributed by atoms with Gasteiger partial charge >= 0.3 is 0 Å². The molecule has 2 saturated heterocycles. The number of anilines is 1. The number of hydrogen-bond donors (Lipinski definition) is 0. The Hall–Kier alpha value is -2.42. The summed E-state index contributed by atoms with van der Waals surface area (Å²) in [6, 6.07) is 8.55. The molecule has 1 unspecified atom stereocenters. The number of benzene rings is 1. The monoisotopic (exact) mass is 489 g/mol. The smallest absolute Gasteiger partial charge is 0.225 e. The van der Waals surface area contributed by atoms with Crippen molar-refractivity contribution in [1.29, 1.82) is 0 Å². The van der Waals surface area contributed by atoms with Crippen LogP contribution in [-0.4, -0.2) is 84.1 Å². The van der Waals surface area contributed by atoms with Crippen LogP contribution in [0, 0.1) is 5.82 Å².